The van der Waals surface area contributed by atoms with E-state index >= 15 is 0 Å². The second kappa shape index (κ2) is 5.03. The highest BCUT2D eigenvalue weighted by atomic mass is 16.5. The molecule has 0 bridgehead atoms. The van der Waals surface area contributed by atoms with Gasteiger partial charge in [-0.2, -0.15) is 0 Å². The van der Waals surface area contributed by atoms with E-state index in [0.717, 1.165) is 0 Å². The molecule has 0 unspecified atom stereocenters. The lowest BCUT2D eigenvalue weighted by molar-refractivity contribution is -0.0528. The molecular weight excluding hydrogens is 222 g/mol. The molecule has 0 spiro atoms. The molecule has 1 saturated heterocycles. The van der Waals surface area contributed by atoms with E-state index in [-0.39, 0.29) is 6.04 Å². The molecular formula is C11H19N3O3. The van der Waals surface area contributed by atoms with Crippen molar-refractivity contribution in [2.24, 2.45) is 0 Å². The molecule has 6 nitrogen and oxygen atoms in total. The van der Waals surface area contributed by atoms with E-state index < -0.39 is 12.2 Å². The minimum absolute atomic E-state index is 0.222. The Hall–Kier alpha value is -1.11. The molecule has 0 aromatic carbocycles. The summed E-state index contributed by atoms with van der Waals surface area (Å²) < 4.78 is 4.72. The van der Waals surface area contributed by atoms with Crippen LogP contribution >= 0.6 is 0 Å². The van der Waals surface area contributed by atoms with Crippen LogP contribution in [0.1, 0.15) is 13.8 Å². The lowest BCUT2D eigenvalue weighted by Gasteiger charge is -2.41. The summed E-state index contributed by atoms with van der Waals surface area (Å²) in [5, 5.41) is 26.5. The van der Waals surface area contributed by atoms with Crippen molar-refractivity contribution in [3.8, 4) is 0 Å². The quantitative estimate of drug-likeness (QED) is 0.685. The monoisotopic (exact) mass is 241 g/mol. The maximum Gasteiger partial charge on any atom is 0.146 e. The standard InChI is InChI=1S/C11H19N3O3/c1-7(2)14-4-9(11(16)10(15)5-14)13-8-3-12-17-6-8/h3,6-7,9-11,13,15-16H,4-5H2,1-2H3/t9-,10-,11+/m0/s1. The highest BCUT2D eigenvalue weighted by Crippen LogP contribution is 2.18. The summed E-state index contributed by atoms with van der Waals surface area (Å²) >= 11 is 0. The van der Waals surface area contributed by atoms with Crippen LogP contribution in [0, 0.1) is 0 Å². The Kier molecular flexibility index (Phi) is 3.66. The van der Waals surface area contributed by atoms with Gasteiger partial charge in [-0.15, -0.1) is 0 Å². The minimum Gasteiger partial charge on any atom is -0.389 e. The third-order valence-electron chi connectivity index (χ3n) is 3.17. The molecule has 2 rings (SSSR count). The number of nitrogens with zero attached hydrogens (tertiary/aromatic N) is 2. The zero-order chi connectivity index (χ0) is 12.4. The fourth-order valence-corrected chi connectivity index (χ4v) is 2.09. The van der Waals surface area contributed by atoms with E-state index in [4.69, 9.17) is 4.52 Å². The number of piperidine rings is 1. The van der Waals surface area contributed by atoms with Gasteiger partial charge in [-0.3, -0.25) is 4.90 Å². The average molecular weight is 241 g/mol. The summed E-state index contributed by atoms with van der Waals surface area (Å²) in [6, 6.07) is 0.115. The Bertz CT molecular complexity index is 342. The number of hydrogen-bond acceptors (Lipinski definition) is 6. The van der Waals surface area contributed by atoms with Crippen molar-refractivity contribution < 1.29 is 14.7 Å². The fraction of sp³-hybridized carbons (Fsp3) is 0.727. The number of aromatic nitrogens is 1. The summed E-state index contributed by atoms with van der Waals surface area (Å²) in [6.45, 7) is 5.32. The van der Waals surface area contributed by atoms with Gasteiger partial charge in [-0.25, -0.2) is 0 Å². The SMILES string of the molecule is CC(C)N1C[C@H](Nc2cnoc2)[C@@H](O)[C@@H](O)C1. The number of likely N-dealkylation sites (tertiary alicyclic amines) is 1. The van der Waals surface area contributed by atoms with E-state index in [0.29, 0.717) is 24.8 Å². The normalized spacial score (nSPS) is 30.8. The second-order valence-corrected chi connectivity index (χ2v) is 4.77. The van der Waals surface area contributed by atoms with Gasteiger partial charge < -0.3 is 20.1 Å². The van der Waals surface area contributed by atoms with Crippen molar-refractivity contribution in [2.75, 3.05) is 18.4 Å². The van der Waals surface area contributed by atoms with Gasteiger partial charge in [-0.05, 0) is 13.8 Å². The zero-order valence-electron chi connectivity index (χ0n) is 10.1. The third-order valence-corrected chi connectivity index (χ3v) is 3.17. The topological polar surface area (TPSA) is 81.8 Å². The van der Waals surface area contributed by atoms with Crippen LogP contribution in [-0.4, -0.2) is 57.7 Å². The Morgan fingerprint density at radius 3 is 2.82 bits per heavy atom. The number of aliphatic hydroxyl groups excluding tert-OH is 2. The molecule has 1 aliphatic rings. The molecule has 96 valence electrons. The smallest absolute Gasteiger partial charge is 0.146 e. The van der Waals surface area contributed by atoms with Gasteiger partial charge in [0.15, 0.2) is 0 Å². The zero-order valence-corrected chi connectivity index (χ0v) is 10.1. The van der Waals surface area contributed by atoms with E-state index in [1.54, 1.807) is 6.20 Å². The van der Waals surface area contributed by atoms with Crippen LogP contribution in [-0.2, 0) is 0 Å². The molecule has 0 amide bonds. The van der Waals surface area contributed by atoms with Gasteiger partial charge in [-0.1, -0.05) is 5.16 Å². The van der Waals surface area contributed by atoms with Crippen LogP contribution in [0.4, 0.5) is 5.69 Å². The van der Waals surface area contributed by atoms with Crippen molar-refractivity contribution in [2.45, 2.75) is 38.1 Å². The average Bonchev–Trinajstić information content (AvgIpc) is 2.77. The summed E-state index contributed by atoms with van der Waals surface area (Å²) in [7, 11) is 0. The van der Waals surface area contributed by atoms with E-state index in [9.17, 15) is 10.2 Å². The Balaban J connectivity index is 2.03. The van der Waals surface area contributed by atoms with Crippen molar-refractivity contribution in [3.63, 3.8) is 0 Å². The van der Waals surface area contributed by atoms with Crippen molar-refractivity contribution in [1.82, 2.24) is 10.1 Å². The van der Waals surface area contributed by atoms with Gasteiger partial charge >= 0.3 is 0 Å². The van der Waals surface area contributed by atoms with Crippen LogP contribution in [0.2, 0.25) is 0 Å². The Morgan fingerprint density at radius 1 is 1.47 bits per heavy atom. The molecule has 3 N–H and O–H groups in total. The van der Waals surface area contributed by atoms with E-state index in [2.05, 4.69) is 29.2 Å². The predicted molar refractivity (Wildman–Crippen MR) is 62.6 cm³/mol. The number of β-amino-alcohol motifs (C(OH)–C–C–N with tert-alkyl or cyclic N) is 1. The van der Waals surface area contributed by atoms with Crippen LogP contribution in [0.3, 0.4) is 0 Å². The largest absolute Gasteiger partial charge is 0.389 e. The number of rotatable bonds is 3. The fourth-order valence-electron chi connectivity index (χ4n) is 2.09. The van der Waals surface area contributed by atoms with Gasteiger partial charge in [0.05, 0.1) is 24.0 Å². The molecule has 1 fully saturated rings. The molecule has 0 aliphatic carbocycles. The minimum atomic E-state index is -0.778. The van der Waals surface area contributed by atoms with E-state index in [1.165, 1.54) is 6.26 Å². The second-order valence-electron chi connectivity index (χ2n) is 4.77. The molecule has 0 saturated carbocycles. The number of anilines is 1. The van der Waals surface area contributed by atoms with Gasteiger partial charge in [0, 0.05) is 19.1 Å². The first-order valence-corrected chi connectivity index (χ1v) is 5.84. The molecule has 1 aromatic rings. The van der Waals surface area contributed by atoms with Crippen molar-refractivity contribution in [3.05, 3.63) is 12.5 Å². The third kappa shape index (κ3) is 2.77. The molecule has 6 heteroatoms. The summed E-state index contributed by atoms with van der Waals surface area (Å²) in [4.78, 5) is 2.13. The van der Waals surface area contributed by atoms with Crippen LogP contribution < -0.4 is 5.32 Å². The predicted octanol–water partition coefficient (Wildman–Crippen LogP) is -0.0991. The maximum absolute atomic E-state index is 9.95. The van der Waals surface area contributed by atoms with Crippen molar-refractivity contribution >= 4 is 5.69 Å². The van der Waals surface area contributed by atoms with Crippen molar-refractivity contribution in [1.29, 1.82) is 0 Å². The first kappa shape index (κ1) is 12.3. The maximum atomic E-state index is 9.95. The van der Waals surface area contributed by atoms with Gasteiger partial charge in [0.2, 0.25) is 0 Å². The van der Waals surface area contributed by atoms with Gasteiger partial charge in [0.1, 0.15) is 12.4 Å². The molecule has 2 heterocycles. The molecule has 17 heavy (non-hydrogen) atoms. The highest BCUT2D eigenvalue weighted by molar-refractivity contribution is 5.38. The summed E-state index contributed by atoms with van der Waals surface area (Å²) in [5.41, 5.74) is 0.715. The summed E-state index contributed by atoms with van der Waals surface area (Å²) in [6.07, 6.45) is 1.52. The summed E-state index contributed by atoms with van der Waals surface area (Å²) in [5.74, 6) is 0. The molecule has 3 atom stereocenters. The number of aliphatic hydroxyl groups is 2. The molecule has 1 aromatic heterocycles. The highest BCUT2D eigenvalue weighted by Gasteiger charge is 2.35. The lowest BCUT2D eigenvalue weighted by Crippen LogP contribution is -2.59. The van der Waals surface area contributed by atoms with E-state index in [1.807, 2.05) is 0 Å². The first-order valence-electron chi connectivity index (χ1n) is 5.84. The number of hydrogen-bond donors (Lipinski definition) is 3. The van der Waals surface area contributed by atoms with Crippen LogP contribution in [0.15, 0.2) is 17.0 Å². The van der Waals surface area contributed by atoms with Crippen LogP contribution in [0.25, 0.3) is 0 Å². The van der Waals surface area contributed by atoms with Crippen LogP contribution in [0.5, 0.6) is 0 Å². The van der Waals surface area contributed by atoms with Gasteiger partial charge in [0.25, 0.3) is 0 Å². The number of nitrogens with one attached hydrogen (secondary N) is 1. The molecule has 0 radical (unpaired) electrons. The first-order chi connectivity index (χ1) is 8.08. The Labute approximate surface area is 100 Å². The Morgan fingerprint density at radius 2 is 2.24 bits per heavy atom. The molecule has 1 aliphatic heterocycles. The lowest BCUT2D eigenvalue weighted by atomic mass is 9.98.